The molecule has 0 atom stereocenters. The van der Waals surface area contributed by atoms with Crippen LogP contribution in [-0.2, 0) is 4.79 Å². The predicted octanol–water partition coefficient (Wildman–Crippen LogP) is 2.01. The van der Waals surface area contributed by atoms with E-state index in [2.05, 4.69) is 20.5 Å². The van der Waals surface area contributed by atoms with Crippen molar-refractivity contribution in [2.75, 3.05) is 25.0 Å². The molecule has 0 spiro atoms. The Kier molecular flexibility index (Phi) is 3.76. The molecule has 1 saturated heterocycles. The SMILES string of the molecule is Cc1nnc2c(NCCCN3CCCC3=O)nc3ccccc3n12. The van der Waals surface area contributed by atoms with E-state index < -0.39 is 0 Å². The number of nitrogens with zero attached hydrogens (tertiary/aromatic N) is 5. The number of amides is 1. The zero-order valence-electron chi connectivity index (χ0n) is 13.7. The zero-order valence-corrected chi connectivity index (χ0v) is 13.7. The monoisotopic (exact) mass is 324 g/mol. The van der Waals surface area contributed by atoms with E-state index in [1.807, 2.05) is 40.5 Å². The van der Waals surface area contributed by atoms with Crippen molar-refractivity contribution < 1.29 is 4.79 Å². The molecule has 7 heteroatoms. The quantitative estimate of drug-likeness (QED) is 0.727. The molecule has 1 N–H and O–H groups in total. The van der Waals surface area contributed by atoms with Crippen molar-refractivity contribution in [3.05, 3.63) is 30.1 Å². The van der Waals surface area contributed by atoms with Crippen LogP contribution in [0.4, 0.5) is 5.82 Å². The van der Waals surface area contributed by atoms with Gasteiger partial charge in [0.2, 0.25) is 11.6 Å². The van der Waals surface area contributed by atoms with Gasteiger partial charge in [-0.1, -0.05) is 12.1 Å². The van der Waals surface area contributed by atoms with E-state index in [1.54, 1.807) is 0 Å². The molecule has 2 aromatic heterocycles. The highest BCUT2D eigenvalue weighted by atomic mass is 16.2. The molecule has 1 aliphatic rings. The third kappa shape index (κ3) is 2.55. The fourth-order valence-electron chi connectivity index (χ4n) is 3.26. The van der Waals surface area contributed by atoms with Gasteiger partial charge in [-0.05, 0) is 31.9 Å². The lowest BCUT2D eigenvalue weighted by Gasteiger charge is -2.15. The number of carbonyl (C=O) groups is 1. The maximum Gasteiger partial charge on any atom is 0.222 e. The van der Waals surface area contributed by atoms with Crippen LogP contribution >= 0.6 is 0 Å². The molecule has 4 rings (SSSR count). The third-order valence-corrected chi connectivity index (χ3v) is 4.46. The highest BCUT2D eigenvalue weighted by Crippen LogP contribution is 2.21. The molecule has 0 unspecified atom stereocenters. The Morgan fingerprint density at radius 2 is 2.12 bits per heavy atom. The summed E-state index contributed by atoms with van der Waals surface area (Å²) in [6, 6.07) is 7.98. The van der Waals surface area contributed by atoms with Gasteiger partial charge in [-0.2, -0.15) is 0 Å². The number of aryl methyl sites for hydroxylation is 1. The van der Waals surface area contributed by atoms with Crippen LogP contribution in [0.5, 0.6) is 0 Å². The summed E-state index contributed by atoms with van der Waals surface area (Å²) in [5.74, 6) is 1.85. The largest absolute Gasteiger partial charge is 0.367 e. The zero-order chi connectivity index (χ0) is 16.5. The van der Waals surface area contributed by atoms with E-state index in [1.165, 1.54) is 0 Å². The fraction of sp³-hybridized carbons (Fsp3) is 0.412. The normalized spacial score (nSPS) is 14.9. The maximum absolute atomic E-state index is 11.6. The summed E-state index contributed by atoms with van der Waals surface area (Å²) in [6.45, 7) is 4.37. The van der Waals surface area contributed by atoms with Gasteiger partial charge in [-0.3, -0.25) is 9.20 Å². The van der Waals surface area contributed by atoms with Gasteiger partial charge in [-0.25, -0.2) is 4.98 Å². The molecular formula is C17H20N6O. The summed E-state index contributed by atoms with van der Waals surface area (Å²) >= 11 is 0. The lowest BCUT2D eigenvalue weighted by molar-refractivity contribution is -0.127. The molecule has 3 aromatic rings. The minimum absolute atomic E-state index is 0.273. The van der Waals surface area contributed by atoms with Gasteiger partial charge < -0.3 is 10.2 Å². The Bertz CT molecular complexity index is 903. The van der Waals surface area contributed by atoms with Crippen molar-refractivity contribution >= 4 is 28.4 Å². The lowest BCUT2D eigenvalue weighted by Crippen LogP contribution is -2.27. The number of fused-ring (bicyclic) bond motifs is 3. The number of anilines is 1. The van der Waals surface area contributed by atoms with Crippen LogP contribution in [0.25, 0.3) is 16.7 Å². The van der Waals surface area contributed by atoms with E-state index >= 15 is 0 Å². The topological polar surface area (TPSA) is 75.4 Å². The van der Waals surface area contributed by atoms with Crippen LogP contribution in [0.15, 0.2) is 24.3 Å². The second kappa shape index (κ2) is 6.07. The van der Waals surface area contributed by atoms with Gasteiger partial charge >= 0.3 is 0 Å². The van der Waals surface area contributed by atoms with E-state index in [4.69, 9.17) is 0 Å². The Balaban J connectivity index is 1.54. The number of likely N-dealkylation sites (tertiary alicyclic amines) is 1. The van der Waals surface area contributed by atoms with Crippen LogP contribution in [0.3, 0.4) is 0 Å². The Labute approximate surface area is 139 Å². The molecule has 0 radical (unpaired) electrons. The number of nitrogens with one attached hydrogen (secondary N) is 1. The molecule has 1 aliphatic heterocycles. The number of para-hydroxylation sites is 2. The molecular weight excluding hydrogens is 304 g/mol. The summed E-state index contributed by atoms with van der Waals surface area (Å²) in [5, 5.41) is 11.8. The smallest absolute Gasteiger partial charge is 0.222 e. The summed E-state index contributed by atoms with van der Waals surface area (Å²) in [6.07, 6.45) is 2.57. The lowest BCUT2D eigenvalue weighted by atomic mass is 10.3. The van der Waals surface area contributed by atoms with E-state index in [0.29, 0.717) is 6.42 Å². The van der Waals surface area contributed by atoms with Crippen molar-refractivity contribution in [1.29, 1.82) is 0 Å². The molecule has 3 heterocycles. The molecule has 24 heavy (non-hydrogen) atoms. The first-order valence-corrected chi connectivity index (χ1v) is 8.36. The van der Waals surface area contributed by atoms with Crippen LogP contribution in [0.2, 0.25) is 0 Å². The number of hydrogen-bond donors (Lipinski definition) is 1. The number of aromatic nitrogens is 4. The first kappa shape index (κ1) is 14.9. The average Bonchev–Trinajstić information content (AvgIpc) is 3.18. The van der Waals surface area contributed by atoms with Crippen molar-refractivity contribution in [2.24, 2.45) is 0 Å². The maximum atomic E-state index is 11.6. The van der Waals surface area contributed by atoms with E-state index in [9.17, 15) is 4.79 Å². The van der Waals surface area contributed by atoms with E-state index in [0.717, 1.165) is 60.8 Å². The molecule has 1 fully saturated rings. The molecule has 7 nitrogen and oxygen atoms in total. The molecule has 1 aromatic carbocycles. The molecule has 0 bridgehead atoms. The predicted molar refractivity (Wildman–Crippen MR) is 91.9 cm³/mol. The van der Waals surface area contributed by atoms with Gasteiger partial charge in [0.1, 0.15) is 5.82 Å². The van der Waals surface area contributed by atoms with Crippen LogP contribution in [-0.4, -0.2) is 50.0 Å². The molecule has 1 amide bonds. The van der Waals surface area contributed by atoms with Crippen molar-refractivity contribution in [2.45, 2.75) is 26.2 Å². The molecule has 0 saturated carbocycles. The van der Waals surface area contributed by atoms with Gasteiger partial charge in [0.05, 0.1) is 11.0 Å². The highest BCUT2D eigenvalue weighted by molar-refractivity contribution is 5.82. The van der Waals surface area contributed by atoms with Crippen molar-refractivity contribution in [3.8, 4) is 0 Å². The van der Waals surface area contributed by atoms with E-state index in [-0.39, 0.29) is 5.91 Å². The Hall–Kier alpha value is -2.70. The number of benzene rings is 1. The standard InChI is InChI=1S/C17H20N6O/c1-12-20-21-17-16(18-9-5-11-22-10-4-8-15(22)24)19-13-6-2-3-7-14(13)23(12)17/h2-3,6-7H,4-5,8-11H2,1H3,(H,18,19). The average molecular weight is 324 g/mol. The van der Waals surface area contributed by atoms with Crippen molar-refractivity contribution in [1.82, 2.24) is 24.5 Å². The first-order chi connectivity index (χ1) is 11.7. The second-order valence-corrected chi connectivity index (χ2v) is 6.12. The van der Waals surface area contributed by atoms with Gasteiger partial charge in [0, 0.05) is 26.1 Å². The fourth-order valence-corrected chi connectivity index (χ4v) is 3.26. The highest BCUT2D eigenvalue weighted by Gasteiger charge is 2.19. The number of carbonyl (C=O) groups excluding carboxylic acids is 1. The van der Waals surface area contributed by atoms with Crippen LogP contribution in [0.1, 0.15) is 25.1 Å². The molecule has 0 aliphatic carbocycles. The van der Waals surface area contributed by atoms with Gasteiger partial charge in [0.25, 0.3) is 0 Å². The first-order valence-electron chi connectivity index (χ1n) is 8.36. The van der Waals surface area contributed by atoms with Gasteiger partial charge in [0.15, 0.2) is 5.82 Å². The third-order valence-electron chi connectivity index (χ3n) is 4.46. The Morgan fingerprint density at radius 3 is 2.96 bits per heavy atom. The van der Waals surface area contributed by atoms with Crippen LogP contribution < -0.4 is 5.32 Å². The minimum Gasteiger partial charge on any atom is -0.367 e. The van der Waals surface area contributed by atoms with Crippen LogP contribution in [0, 0.1) is 6.92 Å². The van der Waals surface area contributed by atoms with Gasteiger partial charge in [-0.15, -0.1) is 10.2 Å². The minimum atomic E-state index is 0.273. The summed E-state index contributed by atoms with van der Waals surface area (Å²) in [5.41, 5.74) is 2.65. The molecule has 124 valence electrons. The summed E-state index contributed by atoms with van der Waals surface area (Å²) in [4.78, 5) is 18.3. The second-order valence-electron chi connectivity index (χ2n) is 6.12. The number of rotatable bonds is 5. The summed E-state index contributed by atoms with van der Waals surface area (Å²) < 4.78 is 2.02. The Morgan fingerprint density at radius 1 is 1.25 bits per heavy atom. The summed E-state index contributed by atoms with van der Waals surface area (Å²) in [7, 11) is 0. The number of hydrogen-bond acceptors (Lipinski definition) is 5. The van der Waals surface area contributed by atoms with Crippen molar-refractivity contribution in [3.63, 3.8) is 0 Å².